The van der Waals surface area contributed by atoms with E-state index in [0.29, 0.717) is 0 Å². The Kier molecular flexibility index (Phi) is 4.53. The Morgan fingerprint density at radius 2 is 1.96 bits per heavy atom. The van der Waals surface area contributed by atoms with Crippen molar-refractivity contribution in [2.24, 2.45) is 0 Å². The molecule has 24 heavy (non-hydrogen) atoms. The second kappa shape index (κ2) is 6.40. The van der Waals surface area contributed by atoms with Crippen molar-refractivity contribution in [3.8, 4) is 0 Å². The van der Waals surface area contributed by atoms with Crippen LogP contribution < -0.4 is 5.32 Å². The molecule has 0 aliphatic carbocycles. The number of hydrogen-bond acceptors (Lipinski definition) is 6. The van der Waals surface area contributed by atoms with Gasteiger partial charge in [0.2, 0.25) is 5.91 Å². The van der Waals surface area contributed by atoms with Crippen molar-refractivity contribution in [1.29, 1.82) is 0 Å². The molecule has 1 N–H and O–H groups in total. The first-order valence-electron chi connectivity index (χ1n) is 6.63. The highest BCUT2D eigenvalue weighted by Crippen LogP contribution is 2.23. The molecule has 1 amide bonds. The van der Waals surface area contributed by atoms with Crippen LogP contribution in [-0.2, 0) is 11.3 Å². The molecule has 0 saturated heterocycles. The Hall–Kier alpha value is -3.37. The smallest absolute Gasteiger partial charge is 0.312 e. The third kappa shape index (κ3) is 3.34. The summed E-state index contributed by atoms with van der Waals surface area (Å²) in [5.41, 5.74) is -0.623. The maximum absolute atomic E-state index is 13.6. The van der Waals surface area contributed by atoms with Gasteiger partial charge < -0.3 is 5.32 Å². The number of aromatic nitrogens is 2. The molecule has 11 heteroatoms. The van der Waals surface area contributed by atoms with E-state index < -0.39 is 28.1 Å². The number of carbonyl (C=O) groups is 1. The number of aryl methyl sites for hydroxylation is 1. The van der Waals surface area contributed by atoms with Crippen LogP contribution >= 0.6 is 0 Å². The molecule has 1 heterocycles. The van der Waals surface area contributed by atoms with Gasteiger partial charge in [0.15, 0.2) is 0 Å². The van der Waals surface area contributed by atoms with Crippen LogP contribution in [0.1, 0.15) is 11.4 Å². The van der Waals surface area contributed by atoms with Gasteiger partial charge in [0.25, 0.3) is 5.69 Å². The first-order valence-corrected chi connectivity index (χ1v) is 6.63. The fraction of sp³-hybridized carbons (Fsp3) is 0.231. The molecule has 0 saturated carbocycles. The summed E-state index contributed by atoms with van der Waals surface area (Å²) in [5.74, 6) is -1.57. The fourth-order valence-electron chi connectivity index (χ4n) is 2.15. The molecule has 0 atom stereocenters. The average molecular weight is 337 g/mol. The molecular weight excluding hydrogens is 325 g/mol. The van der Waals surface area contributed by atoms with E-state index in [2.05, 4.69) is 10.4 Å². The topological polar surface area (TPSA) is 133 Å². The largest absolute Gasteiger partial charge is 0.322 e. The zero-order valence-corrected chi connectivity index (χ0v) is 12.6. The molecule has 0 aliphatic rings. The number of rotatable bonds is 5. The molecule has 0 radical (unpaired) electrons. The van der Waals surface area contributed by atoms with E-state index in [9.17, 15) is 29.4 Å². The first kappa shape index (κ1) is 17.0. The Morgan fingerprint density at radius 3 is 2.50 bits per heavy atom. The molecule has 0 unspecified atom stereocenters. The number of amides is 1. The minimum Gasteiger partial charge on any atom is -0.322 e. The van der Waals surface area contributed by atoms with Gasteiger partial charge in [-0.05, 0) is 19.9 Å². The second-order valence-electron chi connectivity index (χ2n) is 4.90. The van der Waals surface area contributed by atoms with E-state index in [4.69, 9.17) is 0 Å². The molecule has 126 valence electrons. The molecule has 0 aliphatic heterocycles. The summed E-state index contributed by atoms with van der Waals surface area (Å²) in [6.45, 7) is 2.46. The van der Waals surface area contributed by atoms with Crippen molar-refractivity contribution in [1.82, 2.24) is 9.78 Å². The molecule has 1 aromatic carbocycles. The number of nitrogens with zero attached hydrogens (tertiary/aromatic N) is 4. The highest BCUT2D eigenvalue weighted by Gasteiger charge is 2.23. The van der Waals surface area contributed by atoms with Gasteiger partial charge in [0, 0.05) is 12.1 Å². The van der Waals surface area contributed by atoms with Crippen LogP contribution in [0.2, 0.25) is 0 Å². The van der Waals surface area contributed by atoms with Crippen LogP contribution in [0.15, 0.2) is 18.2 Å². The van der Waals surface area contributed by atoms with Gasteiger partial charge in [0.05, 0.1) is 15.5 Å². The average Bonchev–Trinajstić information content (AvgIpc) is 2.75. The summed E-state index contributed by atoms with van der Waals surface area (Å²) >= 11 is 0. The minimum absolute atomic E-state index is 0.145. The van der Waals surface area contributed by atoms with Crippen LogP contribution in [0, 0.1) is 39.9 Å². The van der Waals surface area contributed by atoms with Crippen LogP contribution in [-0.4, -0.2) is 25.5 Å². The zero-order valence-electron chi connectivity index (χ0n) is 12.6. The van der Waals surface area contributed by atoms with Crippen LogP contribution in [0.3, 0.4) is 0 Å². The Balaban J connectivity index is 2.20. The lowest BCUT2D eigenvalue weighted by Crippen LogP contribution is -2.21. The van der Waals surface area contributed by atoms with Crippen molar-refractivity contribution >= 4 is 23.0 Å². The normalized spacial score (nSPS) is 10.5. The molecule has 0 spiro atoms. The number of non-ortho nitro benzene ring substituents is 1. The van der Waals surface area contributed by atoms with E-state index in [1.807, 2.05) is 0 Å². The van der Waals surface area contributed by atoms with Crippen molar-refractivity contribution in [2.45, 2.75) is 20.4 Å². The van der Waals surface area contributed by atoms with Crippen molar-refractivity contribution in [2.75, 3.05) is 5.32 Å². The Labute approximate surface area is 134 Å². The zero-order chi connectivity index (χ0) is 18.0. The van der Waals surface area contributed by atoms with Crippen molar-refractivity contribution in [3.05, 3.63) is 55.6 Å². The summed E-state index contributed by atoms with van der Waals surface area (Å²) in [6.07, 6.45) is 0. The molecule has 0 bridgehead atoms. The molecule has 1 aromatic heterocycles. The minimum atomic E-state index is -0.840. The summed E-state index contributed by atoms with van der Waals surface area (Å²) in [7, 11) is 0. The van der Waals surface area contributed by atoms with E-state index in [1.165, 1.54) is 13.8 Å². The Bertz CT molecular complexity index is 848. The predicted octanol–water partition coefficient (Wildman–Crippen LogP) is 2.09. The predicted molar refractivity (Wildman–Crippen MR) is 80.0 cm³/mol. The van der Waals surface area contributed by atoms with E-state index in [1.54, 1.807) is 0 Å². The number of nitro groups is 2. The van der Waals surface area contributed by atoms with Gasteiger partial charge in [-0.15, -0.1) is 0 Å². The van der Waals surface area contributed by atoms with Crippen LogP contribution in [0.4, 0.5) is 21.5 Å². The quantitative estimate of drug-likeness (QED) is 0.656. The number of hydrogen-bond donors (Lipinski definition) is 1. The number of nitrogens with one attached hydrogen (secondary N) is 1. The lowest BCUT2D eigenvalue weighted by atomic mass is 10.2. The molecule has 10 nitrogen and oxygen atoms in total. The van der Waals surface area contributed by atoms with Crippen LogP contribution in [0.25, 0.3) is 0 Å². The van der Waals surface area contributed by atoms with Gasteiger partial charge in [-0.1, -0.05) is 0 Å². The first-order chi connectivity index (χ1) is 11.2. The number of nitro benzene ring substituents is 1. The standard InChI is InChI=1S/C13H12FN5O5/c1-7-13(19(23)24)8(2)17(16-7)6-12(20)15-11-5-9(18(21)22)3-4-10(11)14/h3-5H,6H2,1-2H3,(H,15,20). The monoisotopic (exact) mass is 337 g/mol. The lowest BCUT2D eigenvalue weighted by Gasteiger charge is -2.07. The van der Waals surface area contributed by atoms with Crippen LogP contribution in [0.5, 0.6) is 0 Å². The van der Waals surface area contributed by atoms with Gasteiger partial charge in [-0.3, -0.25) is 29.7 Å². The highest BCUT2D eigenvalue weighted by molar-refractivity contribution is 5.91. The maximum Gasteiger partial charge on any atom is 0.312 e. The number of benzene rings is 1. The van der Waals surface area contributed by atoms with E-state index in [0.717, 1.165) is 22.9 Å². The number of anilines is 1. The SMILES string of the molecule is Cc1nn(CC(=O)Nc2cc([N+](=O)[O-])ccc2F)c(C)c1[N+](=O)[O-]. The van der Waals surface area contributed by atoms with Gasteiger partial charge in [-0.25, -0.2) is 4.39 Å². The molecule has 0 fully saturated rings. The maximum atomic E-state index is 13.6. The number of carbonyl (C=O) groups excluding carboxylic acids is 1. The number of halogens is 1. The fourth-order valence-corrected chi connectivity index (χ4v) is 2.15. The molecule has 2 rings (SSSR count). The van der Waals surface area contributed by atoms with E-state index >= 15 is 0 Å². The summed E-state index contributed by atoms with van der Waals surface area (Å²) in [5, 5.41) is 27.7. The summed E-state index contributed by atoms with van der Waals surface area (Å²) < 4.78 is 14.7. The lowest BCUT2D eigenvalue weighted by molar-refractivity contribution is -0.386. The third-order valence-corrected chi connectivity index (χ3v) is 3.25. The summed E-state index contributed by atoms with van der Waals surface area (Å²) in [6, 6.07) is 2.72. The molecular formula is C13H12FN5O5. The third-order valence-electron chi connectivity index (χ3n) is 3.25. The summed E-state index contributed by atoms with van der Waals surface area (Å²) in [4.78, 5) is 32.3. The Morgan fingerprint density at radius 1 is 1.29 bits per heavy atom. The highest BCUT2D eigenvalue weighted by atomic mass is 19.1. The second-order valence-corrected chi connectivity index (χ2v) is 4.90. The van der Waals surface area contributed by atoms with Crippen molar-refractivity contribution < 1.29 is 19.0 Å². The van der Waals surface area contributed by atoms with Gasteiger partial charge >= 0.3 is 5.69 Å². The molecule has 2 aromatic rings. The van der Waals surface area contributed by atoms with Gasteiger partial charge in [0.1, 0.15) is 23.7 Å². The van der Waals surface area contributed by atoms with Gasteiger partial charge in [-0.2, -0.15) is 5.10 Å². The van der Waals surface area contributed by atoms with Crippen molar-refractivity contribution in [3.63, 3.8) is 0 Å². The van der Waals surface area contributed by atoms with E-state index in [-0.39, 0.29) is 28.5 Å².